The molecule has 0 unspecified atom stereocenters. The average molecular weight is 568 g/mol. The van der Waals surface area contributed by atoms with Gasteiger partial charge in [0.2, 0.25) is 5.95 Å². The van der Waals surface area contributed by atoms with Gasteiger partial charge in [0, 0.05) is 56.4 Å². The third-order valence-corrected chi connectivity index (χ3v) is 6.49. The molecule has 2 aromatic carbocycles. The highest BCUT2D eigenvalue weighted by molar-refractivity contribution is 5.67. The molecule has 1 aliphatic rings. The van der Waals surface area contributed by atoms with Crippen LogP contribution in [0, 0.1) is 11.6 Å². The van der Waals surface area contributed by atoms with Gasteiger partial charge in [-0.1, -0.05) is 0 Å². The van der Waals surface area contributed by atoms with Crippen LogP contribution >= 0.6 is 0 Å². The molecule has 1 fully saturated rings. The maximum atomic E-state index is 14.6. The van der Waals surface area contributed by atoms with Crippen LogP contribution in [0.5, 0.6) is 23.0 Å². The molecule has 1 saturated heterocycles. The highest BCUT2D eigenvalue weighted by atomic mass is 19.1. The Labute approximate surface area is 236 Å². The van der Waals surface area contributed by atoms with Crippen molar-refractivity contribution in [2.75, 3.05) is 57.2 Å². The maximum absolute atomic E-state index is 14.6. The zero-order chi connectivity index (χ0) is 28.6. The Hall–Kier alpha value is -4.65. The van der Waals surface area contributed by atoms with Crippen molar-refractivity contribution in [3.8, 4) is 23.0 Å². The second-order valence-electron chi connectivity index (χ2n) is 9.08. The molecule has 0 aliphatic carbocycles. The lowest BCUT2D eigenvalue weighted by atomic mass is 10.1. The van der Waals surface area contributed by atoms with Gasteiger partial charge in [-0.25, -0.2) is 18.7 Å². The summed E-state index contributed by atoms with van der Waals surface area (Å²) in [5, 5.41) is 10.8. The zero-order valence-corrected chi connectivity index (χ0v) is 22.8. The first-order valence-electron chi connectivity index (χ1n) is 13.1. The molecule has 13 heteroatoms. The lowest BCUT2D eigenvalue weighted by Crippen LogP contribution is -2.43. The fourth-order valence-electron chi connectivity index (χ4n) is 4.36. The lowest BCUT2D eigenvalue weighted by Gasteiger charge is -2.31. The SMILES string of the molecule is COc1cc(OC)c(F)c(COc2cnc(Nc3ccc(N4CCNCC4)c(OCCn4cccn4)c3)nc2)c1F. The number of ether oxygens (including phenoxy) is 4. The summed E-state index contributed by atoms with van der Waals surface area (Å²) in [5.74, 6) is -0.741. The maximum Gasteiger partial charge on any atom is 0.227 e. The third kappa shape index (κ3) is 6.74. The molecule has 0 amide bonds. The van der Waals surface area contributed by atoms with Crippen LogP contribution in [0.4, 0.5) is 26.1 Å². The van der Waals surface area contributed by atoms with Gasteiger partial charge in [0.1, 0.15) is 19.0 Å². The summed E-state index contributed by atoms with van der Waals surface area (Å²) in [6.07, 6.45) is 6.46. The molecule has 216 valence electrons. The van der Waals surface area contributed by atoms with E-state index in [-0.39, 0.29) is 22.8 Å². The van der Waals surface area contributed by atoms with Gasteiger partial charge in [0.05, 0.1) is 44.4 Å². The minimum Gasteiger partial charge on any atom is -0.494 e. The number of rotatable bonds is 12. The van der Waals surface area contributed by atoms with Crippen LogP contribution in [0.15, 0.2) is 55.1 Å². The Morgan fingerprint density at radius 1 is 0.951 bits per heavy atom. The molecule has 0 saturated carbocycles. The Bertz CT molecular complexity index is 1400. The molecule has 2 aromatic heterocycles. The van der Waals surface area contributed by atoms with E-state index in [1.807, 2.05) is 35.1 Å². The monoisotopic (exact) mass is 567 g/mol. The Balaban J connectivity index is 1.26. The van der Waals surface area contributed by atoms with Crippen LogP contribution < -0.4 is 34.5 Å². The van der Waals surface area contributed by atoms with Crippen molar-refractivity contribution in [1.29, 1.82) is 0 Å². The number of halogens is 2. The minimum absolute atomic E-state index is 0.148. The smallest absolute Gasteiger partial charge is 0.227 e. The number of nitrogens with one attached hydrogen (secondary N) is 2. The van der Waals surface area contributed by atoms with Crippen LogP contribution in [0.1, 0.15) is 5.56 Å². The molecule has 4 aromatic rings. The highest BCUT2D eigenvalue weighted by Crippen LogP contribution is 2.34. The zero-order valence-electron chi connectivity index (χ0n) is 22.8. The highest BCUT2D eigenvalue weighted by Gasteiger charge is 2.21. The summed E-state index contributed by atoms with van der Waals surface area (Å²) in [7, 11) is 2.57. The number of anilines is 3. The van der Waals surface area contributed by atoms with Gasteiger partial charge in [-0.05, 0) is 18.2 Å². The van der Waals surface area contributed by atoms with E-state index < -0.39 is 18.2 Å². The van der Waals surface area contributed by atoms with Crippen LogP contribution in [0.25, 0.3) is 0 Å². The summed E-state index contributed by atoms with van der Waals surface area (Å²) in [6, 6.07) is 8.88. The average Bonchev–Trinajstić information content (AvgIpc) is 3.52. The fraction of sp³-hybridized carbons (Fsp3) is 0.321. The van der Waals surface area contributed by atoms with Crippen molar-refractivity contribution in [3.05, 3.63) is 72.3 Å². The number of hydrogen-bond donors (Lipinski definition) is 2. The molecule has 2 N–H and O–H groups in total. The third-order valence-electron chi connectivity index (χ3n) is 6.49. The molecule has 0 bridgehead atoms. The summed E-state index contributed by atoms with van der Waals surface area (Å²) in [4.78, 5) is 10.8. The standard InChI is InChI=1S/C28H31F2N7O4/c1-38-24-15-25(39-2)27(30)21(26(24)29)18-41-20-16-32-28(33-17-20)35-19-4-5-22(36-10-7-31-8-11-36)23(14-19)40-13-12-37-9-3-6-34-37/h3-6,9,14-17,31H,7-8,10-13,18H2,1-2H3,(H,32,33,35). The van der Waals surface area contributed by atoms with E-state index in [0.29, 0.717) is 19.1 Å². The summed E-state index contributed by atoms with van der Waals surface area (Å²) < 4.78 is 52.7. The van der Waals surface area contributed by atoms with Gasteiger partial charge in [-0.3, -0.25) is 4.68 Å². The van der Waals surface area contributed by atoms with Gasteiger partial charge in [-0.2, -0.15) is 5.10 Å². The van der Waals surface area contributed by atoms with E-state index in [4.69, 9.17) is 18.9 Å². The number of nitrogens with zero attached hydrogens (tertiary/aromatic N) is 5. The fourth-order valence-corrected chi connectivity index (χ4v) is 4.36. The van der Waals surface area contributed by atoms with Crippen LogP contribution in [-0.2, 0) is 13.2 Å². The molecule has 0 radical (unpaired) electrons. The van der Waals surface area contributed by atoms with Crippen LogP contribution in [0.2, 0.25) is 0 Å². The number of benzene rings is 2. The molecular formula is C28H31F2N7O4. The van der Waals surface area contributed by atoms with Gasteiger partial charge < -0.3 is 34.5 Å². The van der Waals surface area contributed by atoms with Crippen molar-refractivity contribution in [3.63, 3.8) is 0 Å². The number of methoxy groups -OCH3 is 2. The molecule has 1 aliphatic heterocycles. The van der Waals surface area contributed by atoms with E-state index in [1.54, 1.807) is 6.20 Å². The lowest BCUT2D eigenvalue weighted by molar-refractivity contribution is 0.280. The number of piperazine rings is 1. The molecule has 0 atom stereocenters. The molecule has 3 heterocycles. The van der Waals surface area contributed by atoms with Crippen molar-refractivity contribution in [2.24, 2.45) is 0 Å². The topological polar surface area (TPSA) is 108 Å². The van der Waals surface area contributed by atoms with E-state index >= 15 is 0 Å². The summed E-state index contributed by atoms with van der Waals surface area (Å²) >= 11 is 0. The quantitative estimate of drug-likeness (QED) is 0.263. The van der Waals surface area contributed by atoms with Gasteiger partial charge in [-0.15, -0.1) is 0 Å². The minimum atomic E-state index is -0.864. The Morgan fingerprint density at radius 2 is 1.68 bits per heavy atom. The summed E-state index contributed by atoms with van der Waals surface area (Å²) in [5.41, 5.74) is 1.42. The van der Waals surface area contributed by atoms with Gasteiger partial charge in [0.25, 0.3) is 0 Å². The van der Waals surface area contributed by atoms with Gasteiger partial charge in [0.15, 0.2) is 28.9 Å². The van der Waals surface area contributed by atoms with Crippen molar-refractivity contribution in [1.82, 2.24) is 25.1 Å². The van der Waals surface area contributed by atoms with Gasteiger partial charge >= 0.3 is 0 Å². The van der Waals surface area contributed by atoms with Crippen molar-refractivity contribution >= 4 is 17.3 Å². The molecule has 41 heavy (non-hydrogen) atoms. The molecular weight excluding hydrogens is 536 g/mol. The summed E-state index contributed by atoms with van der Waals surface area (Å²) in [6.45, 7) is 4.22. The molecule has 11 nitrogen and oxygen atoms in total. The van der Waals surface area contributed by atoms with Crippen molar-refractivity contribution < 1.29 is 27.7 Å². The second kappa shape index (κ2) is 13.1. The molecule has 0 spiro atoms. The van der Waals surface area contributed by atoms with E-state index in [1.165, 1.54) is 26.6 Å². The normalized spacial score (nSPS) is 13.1. The van der Waals surface area contributed by atoms with E-state index in [9.17, 15) is 8.78 Å². The second-order valence-corrected chi connectivity index (χ2v) is 9.08. The Kier molecular flexibility index (Phi) is 8.94. The van der Waals surface area contributed by atoms with Crippen molar-refractivity contribution in [2.45, 2.75) is 13.2 Å². The predicted octanol–water partition coefficient (Wildman–Crippen LogP) is 3.78. The van der Waals surface area contributed by atoms with E-state index in [0.717, 1.165) is 49.4 Å². The number of aromatic nitrogens is 4. The molecule has 5 rings (SSSR count). The first kappa shape index (κ1) is 27.9. The first-order chi connectivity index (χ1) is 20.1. The van der Waals surface area contributed by atoms with Crippen LogP contribution in [0.3, 0.4) is 0 Å². The van der Waals surface area contributed by atoms with Crippen LogP contribution in [-0.4, -0.2) is 66.8 Å². The first-order valence-corrected chi connectivity index (χ1v) is 13.1. The largest absolute Gasteiger partial charge is 0.494 e. The number of hydrogen-bond acceptors (Lipinski definition) is 10. The predicted molar refractivity (Wildman–Crippen MR) is 148 cm³/mol. The Morgan fingerprint density at radius 3 is 2.34 bits per heavy atom. The van der Waals surface area contributed by atoms with E-state index in [2.05, 4.69) is 30.6 Å².